The zero-order valence-corrected chi connectivity index (χ0v) is 12.8. The quantitative estimate of drug-likeness (QED) is 0.517. The monoisotopic (exact) mass is 287 g/mol. The number of rotatable bonds is 3. The Morgan fingerprint density at radius 1 is 1.33 bits per heavy atom. The fourth-order valence-electron chi connectivity index (χ4n) is 2.53. The molecule has 5 nitrogen and oxygen atoms in total. The van der Waals surface area contributed by atoms with Gasteiger partial charge in [0.1, 0.15) is 0 Å². The molecule has 0 fully saturated rings. The van der Waals surface area contributed by atoms with E-state index in [1.807, 2.05) is 6.07 Å². The molecule has 1 aliphatic rings. The molecule has 0 saturated heterocycles. The molecule has 0 spiro atoms. The molecular weight excluding hydrogens is 266 g/mol. The van der Waals surface area contributed by atoms with Gasteiger partial charge < -0.3 is 19.7 Å². The summed E-state index contributed by atoms with van der Waals surface area (Å²) in [6.45, 7) is 2.15. The molecule has 21 heavy (non-hydrogen) atoms. The molecule has 0 bridgehead atoms. The molecule has 0 saturated carbocycles. The van der Waals surface area contributed by atoms with Crippen LogP contribution in [0.2, 0.25) is 0 Å². The molecule has 1 N–H and O–H groups in total. The molecule has 0 unspecified atom stereocenters. The third-order valence-electron chi connectivity index (χ3n) is 3.58. The van der Waals surface area contributed by atoms with Gasteiger partial charge in [0.2, 0.25) is 0 Å². The van der Waals surface area contributed by atoms with Crippen LogP contribution in [0.15, 0.2) is 17.1 Å². The lowest BCUT2D eigenvalue weighted by Crippen LogP contribution is -2.44. The van der Waals surface area contributed by atoms with E-state index in [9.17, 15) is 0 Å². The highest BCUT2D eigenvalue weighted by Gasteiger charge is 2.21. The number of guanidine groups is 1. The van der Waals surface area contributed by atoms with E-state index in [0.29, 0.717) is 6.54 Å². The molecule has 0 aliphatic carbocycles. The van der Waals surface area contributed by atoms with E-state index in [2.05, 4.69) is 27.2 Å². The summed E-state index contributed by atoms with van der Waals surface area (Å²) in [6.07, 6.45) is 6.23. The van der Waals surface area contributed by atoms with Crippen molar-refractivity contribution < 1.29 is 9.47 Å². The second-order valence-electron chi connectivity index (χ2n) is 4.75. The molecule has 5 heteroatoms. The Kier molecular flexibility index (Phi) is 4.94. The maximum Gasteiger partial charge on any atom is 0.194 e. The van der Waals surface area contributed by atoms with Crippen LogP contribution in [0.5, 0.6) is 11.5 Å². The average Bonchev–Trinajstić information content (AvgIpc) is 2.54. The number of terminal acetylenes is 1. The second-order valence-corrected chi connectivity index (χ2v) is 4.75. The van der Waals surface area contributed by atoms with Gasteiger partial charge in [-0.05, 0) is 29.7 Å². The Morgan fingerprint density at radius 2 is 2.00 bits per heavy atom. The molecule has 0 amide bonds. The Balaban J connectivity index is 2.22. The summed E-state index contributed by atoms with van der Waals surface area (Å²) >= 11 is 0. The molecule has 0 aromatic heterocycles. The van der Waals surface area contributed by atoms with Crippen LogP contribution < -0.4 is 14.8 Å². The van der Waals surface area contributed by atoms with Crippen LogP contribution in [0.4, 0.5) is 0 Å². The van der Waals surface area contributed by atoms with E-state index in [1.165, 1.54) is 11.1 Å². The number of methoxy groups -OCH3 is 2. The Hall–Kier alpha value is -2.35. The van der Waals surface area contributed by atoms with Crippen LogP contribution in [0.1, 0.15) is 11.1 Å². The van der Waals surface area contributed by atoms with Crippen LogP contribution in [0.3, 0.4) is 0 Å². The van der Waals surface area contributed by atoms with Crippen LogP contribution in [-0.4, -0.2) is 45.2 Å². The molecule has 1 aliphatic heterocycles. The maximum absolute atomic E-state index is 5.37. The van der Waals surface area contributed by atoms with E-state index in [1.54, 1.807) is 21.3 Å². The first-order chi connectivity index (χ1) is 10.2. The Labute approximate surface area is 126 Å². The molecule has 0 atom stereocenters. The molecule has 1 heterocycles. The fraction of sp³-hybridized carbons (Fsp3) is 0.438. The van der Waals surface area contributed by atoms with Gasteiger partial charge in [-0.25, -0.2) is 0 Å². The van der Waals surface area contributed by atoms with E-state index >= 15 is 0 Å². The highest BCUT2D eigenvalue weighted by atomic mass is 16.5. The highest BCUT2D eigenvalue weighted by Crippen LogP contribution is 2.33. The summed E-state index contributed by atoms with van der Waals surface area (Å²) < 4.78 is 10.7. The van der Waals surface area contributed by atoms with Crippen molar-refractivity contribution in [2.75, 3.05) is 34.4 Å². The van der Waals surface area contributed by atoms with Gasteiger partial charge in [-0.15, -0.1) is 6.42 Å². The summed E-state index contributed by atoms with van der Waals surface area (Å²) in [7, 11) is 5.08. The van der Waals surface area contributed by atoms with Gasteiger partial charge in [-0.3, -0.25) is 4.99 Å². The highest BCUT2D eigenvalue weighted by molar-refractivity contribution is 5.80. The maximum atomic E-state index is 5.37. The number of aliphatic imine (C=N–C) groups is 1. The van der Waals surface area contributed by atoms with Gasteiger partial charge >= 0.3 is 0 Å². The molecule has 1 aromatic rings. The van der Waals surface area contributed by atoms with Crippen LogP contribution in [0, 0.1) is 12.3 Å². The minimum atomic E-state index is 0.474. The normalized spacial score (nSPS) is 14.2. The number of nitrogens with zero attached hydrogens (tertiary/aromatic N) is 2. The van der Waals surface area contributed by atoms with Crippen LogP contribution in [0.25, 0.3) is 0 Å². The van der Waals surface area contributed by atoms with Crippen molar-refractivity contribution in [3.05, 3.63) is 23.3 Å². The summed E-state index contributed by atoms with van der Waals surface area (Å²) in [6, 6.07) is 4.10. The zero-order chi connectivity index (χ0) is 15.2. The number of nitrogens with one attached hydrogen (secondary N) is 1. The minimum Gasteiger partial charge on any atom is -0.493 e. The second kappa shape index (κ2) is 6.89. The van der Waals surface area contributed by atoms with Crippen molar-refractivity contribution in [1.29, 1.82) is 0 Å². The van der Waals surface area contributed by atoms with E-state index in [0.717, 1.165) is 37.0 Å². The van der Waals surface area contributed by atoms with Gasteiger partial charge in [0, 0.05) is 20.1 Å². The molecule has 2 rings (SSSR count). The lowest BCUT2D eigenvalue weighted by atomic mass is 9.99. The van der Waals surface area contributed by atoms with Crippen LogP contribution in [-0.2, 0) is 13.0 Å². The van der Waals surface area contributed by atoms with Crippen molar-refractivity contribution in [2.45, 2.75) is 13.0 Å². The van der Waals surface area contributed by atoms with E-state index in [-0.39, 0.29) is 0 Å². The Morgan fingerprint density at radius 3 is 2.57 bits per heavy atom. The largest absolute Gasteiger partial charge is 0.493 e. The first-order valence-electron chi connectivity index (χ1n) is 6.86. The average molecular weight is 287 g/mol. The smallest absolute Gasteiger partial charge is 0.194 e. The minimum absolute atomic E-state index is 0.474. The third kappa shape index (κ3) is 3.22. The molecular formula is C16H21N3O2. The van der Waals surface area contributed by atoms with Gasteiger partial charge in [-0.2, -0.15) is 0 Å². The van der Waals surface area contributed by atoms with Gasteiger partial charge in [0.05, 0.1) is 20.8 Å². The summed E-state index contributed by atoms with van der Waals surface area (Å²) in [5, 5.41) is 3.15. The zero-order valence-electron chi connectivity index (χ0n) is 12.8. The number of ether oxygens (including phenoxy) is 2. The van der Waals surface area contributed by atoms with Crippen molar-refractivity contribution in [2.24, 2.45) is 4.99 Å². The fourth-order valence-corrected chi connectivity index (χ4v) is 2.53. The van der Waals surface area contributed by atoms with Crippen LogP contribution >= 0.6 is 0 Å². The van der Waals surface area contributed by atoms with Gasteiger partial charge in [0.15, 0.2) is 17.5 Å². The molecule has 112 valence electrons. The number of hydrogen-bond acceptors (Lipinski definition) is 3. The van der Waals surface area contributed by atoms with E-state index < -0.39 is 0 Å². The first-order valence-corrected chi connectivity index (χ1v) is 6.86. The summed E-state index contributed by atoms with van der Waals surface area (Å²) in [5.41, 5.74) is 2.51. The van der Waals surface area contributed by atoms with Gasteiger partial charge in [0.25, 0.3) is 0 Å². The van der Waals surface area contributed by atoms with Crippen molar-refractivity contribution in [3.8, 4) is 23.8 Å². The third-order valence-corrected chi connectivity index (χ3v) is 3.58. The van der Waals surface area contributed by atoms with Crippen molar-refractivity contribution >= 4 is 5.96 Å². The molecule has 1 aromatic carbocycles. The topological polar surface area (TPSA) is 46.1 Å². The predicted molar refractivity (Wildman–Crippen MR) is 83.9 cm³/mol. The standard InChI is InChI=1S/C16H21N3O2/c1-5-7-18-16(17-2)19-8-6-12-9-14(20-3)15(21-4)10-13(12)11-19/h1,9-10H,6-8,11H2,2-4H3,(H,17,18). The summed E-state index contributed by atoms with van der Waals surface area (Å²) in [4.78, 5) is 6.46. The lowest BCUT2D eigenvalue weighted by molar-refractivity contribution is 0.346. The number of fused-ring (bicyclic) bond motifs is 1. The van der Waals surface area contributed by atoms with E-state index in [4.69, 9.17) is 15.9 Å². The number of benzene rings is 1. The first kappa shape index (κ1) is 15.0. The van der Waals surface area contributed by atoms with Crippen molar-refractivity contribution in [3.63, 3.8) is 0 Å². The number of hydrogen-bond donors (Lipinski definition) is 1. The van der Waals surface area contributed by atoms with Crippen molar-refractivity contribution in [1.82, 2.24) is 10.2 Å². The van der Waals surface area contributed by atoms with Gasteiger partial charge in [-0.1, -0.05) is 5.92 Å². The lowest BCUT2D eigenvalue weighted by Gasteiger charge is -2.32. The molecule has 0 radical (unpaired) electrons. The predicted octanol–water partition coefficient (Wildman–Crippen LogP) is 1.27. The SMILES string of the molecule is C#CCNC(=NC)N1CCc2cc(OC)c(OC)cc2C1. The summed E-state index contributed by atoms with van der Waals surface area (Å²) in [5.74, 6) is 4.93. The Bertz CT molecular complexity index is 576.